The van der Waals surface area contributed by atoms with Crippen molar-refractivity contribution in [2.45, 2.75) is 115 Å². The van der Waals surface area contributed by atoms with E-state index in [2.05, 4.69) is 24.1 Å². The summed E-state index contributed by atoms with van der Waals surface area (Å²) in [6.45, 7) is 4.17. The Morgan fingerprint density at radius 2 is 1.71 bits per heavy atom. The number of esters is 2. The largest absolute Gasteiger partial charge is 0.481 e. The van der Waals surface area contributed by atoms with Gasteiger partial charge in [-0.1, -0.05) is 75.7 Å². The first-order chi connectivity index (χ1) is 21.7. The van der Waals surface area contributed by atoms with Gasteiger partial charge in [-0.3, -0.25) is 9.59 Å². The van der Waals surface area contributed by atoms with Gasteiger partial charge in [0.25, 0.3) is 0 Å². The number of nitrogens with one attached hydrogen (secondary N) is 1. The average molecular weight is 626 g/mol. The number of Topliss-reactive ketones (excluding diaryl/α,β-unsaturated/α-hetero) is 1. The summed E-state index contributed by atoms with van der Waals surface area (Å²) in [4.78, 5) is 50.7. The van der Waals surface area contributed by atoms with Crippen LogP contribution in [0, 0.1) is 17.8 Å². The number of carbonyl (C=O) groups excluding carboxylic acids is 4. The van der Waals surface area contributed by atoms with Gasteiger partial charge in [-0.15, -0.1) is 5.92 Å². The molecule has 0 unspecified atom stereocenters. The van der Waals surface area contributed by atoms with E-state index in [9.17, 15) is 24.3 Å². The van der Waals surface area contributed by atoms with E-state index in [0.29, 0.717) is 30.8 Å². The molecule has 9 nitrogen and oxygen atoms in total. The number of amides is 1. The number of unbranched alkanes of at least 4 members (excludes halogenated alkanes) is 8. The molecule has 0 saturated carbocycles. The molecule has 45 heavy (non-hydrogen) atoms. The highest BCUT2D eigenvalue weighted by atomic mass is 16.6. The number of aliphatic hydroxyl groups is 1. The van der Waals surface area contributed by atoms with Crippen molar-refractivity contribution >= 4 is 23.6 Å². The summed E-state index contributed by atoms with van der Waals surface area (Å²) in [6, 6.07) is 6.01. The summed E-state index contributed by atoms with van der Waals surface area (Å²) in [6.07, 6.45) is 14.7. The Bertz CT molecular complexity index is 1170. The van der Waals surface area contributed by atoms with Crippen LogP contribution in [0.15, 0.2) is 36.4 Å². The number of hydrogen-bond acceptors (Lipinski definition) is 8. The van der Waals surface area contributed by atoms with Crippen molar-refractivity contribution in [3.63, 3.8) is 0 Å². The minimum absolute atomic E-state index is 0.00308. The van der Waals surface area contributed by atoms with Crippen LogP contribution in [0.1, 0.15) is 103 Å². The molecule has 1 aliphatic rings. The van der Waals surface area contributed by atoms with Crippen LogP contribution in [0.25, 0.3) is 0 Å². The number of rotatable bonds is 22. The minimum atomic E-state index is -2.03. The fourth-order valence-electron chi connectivity index (χ4n) is 5.24. The number of methoxy groups -OCH3 is 1. The van der Waals surface area contributed by atoms with Crippen molar-refractivity contribution in [3.8, 4) is 17.6 Å². The molecular formula is C36H51NO8. The Labute approximate surface area is 268 Å². The summed E-state index contributed by atoms with van der Waals surface area (Å²) < 4.78 is 15.5. The Kier molecular flexibility index (Phi) is 17.7. The highest BCUT2D eigenvalue weighted by Crippen LogP contribution is 2.31. The lowest BCUT2D eigenvalue weighted by Gasteiger charge is -2.27. The zero-order chi connectivity index (χ0) is 32.9. The highest BCUT2D eigenvalue weighted by Gasteiger charge is 2.51. The maximum Gasteiger partial charge on any atom is 0.339 e. The van der Waals surface area contributed by atoms with Crippen LogP contribution in [0.2, 0.25) is 0 Å². The lowest BCUT2D eigenvalue weighted by atomic mass is 9.84. The fraction of sp³-hybridized carbons (Fsp3) is 0.611. The Balaban J connectivity index is 1.93. The molecule has 2 N–H and O–H groups in total. The molecule has 3 atom stereocenters. The summed E-state index contributed by atoms with van der Waals surface area (Å²) in [5.41, 5.74) is -1.28. The zero-order valence-corrected chi connectivity index (χ0v) is 27.2. The molecule has 2 rings (SSSR count). The van der Waals surface area contributed by atoms with Gasteiger partial charge in [0.1, 0.15) is 24.2 Å². The predicted molar refractivity (Wildman–Crippen MR) is 172 cm³/mol. The van der Waals surface area contributed by atoms with Crippen LogP contribution >= 0.6 is 0 Å². The molecule has 1 saturated heterocycles. The second-order valence-corrected chi connectivity index (χ2v) is 11.5. The molecule has 0 bridgehead atoms. The normalized spacial score (nSPS) is 17.2. The molecule has 1 aliphatic heterocycles. The Morgan fingerprint density at radius 1 is 1.04 bits per heavy atom. The summed E-state index contributed by atoms with van der Waals surface area (Å²) in [7, 11) is 1.23. The third-order valence-corrected chi connectivity index (χ3v) is 7.98. The molecule has 0 radical (unpaired) electrons. The van der Waals surface area contributed by atoms with Crippen molar-refractivity contribution in [1.82, 2.24) is 5.32 Å². The third-order valence-electron chi connectivity index (χ3n) is 7.98. The van der Waals surface area contributed by atoms with Crippen LogP contribution in [-0.2, 0) is 35.1 Å². The number of ketones is 1. The SMILES string of the molecule is CC#CCOc1ccc(C[C@H](NC(=O)[C@@H](/C=C/CCCCCCC(=O)CCCCCCC)[C@@]2(O)CCOC2=O)C(=O)OC)cc1. The molecule has 248 valence electrons. The summed E-state index contributed by atoms with van der Waals surface area (Å²) >= 11 is 0. The first-order valence-electron chi connectivity index (χ1n) is 16.3. The van der Waals surface area contributed by atoms with Crippen LogP contribution in [0.5, 0.6) is 5.75 Å². The maximum atomic E-state index is 13.5. The number of cyclic esters (lactones) is 1. The first-order valence-corrected chi connectivity index (χ1v) is 16.3. The molecule has 0 spiro atoms. The van der Waals surface area contributed by atoms with Crippen LogP contribution in [-0.4, -0.2) is 60.7 Å². The smallest absolute Gasteiger partial charge is 0.339 e. The van der Waals surface area contributed by atoms with Crippen molar-refractivity contribution in [2.75, 3.05) is 20.3 Å². The summed E-state index contributed by atoms with van der Waals surface area (Å²) in [5.74, 6) is 3.10. The quantitative estimate of drug-likeness (QED) is 0.0758. The maximum absolute atomic E-state index is 13.5. The monoisotopic (exact) mass is 625 g/mol. The van der Waals surface area contributed by atoms with Gasteiger partial charge in [0.15, 0.2) is 5.60 Å². The zero-order valence-electron chi connectivity index (χ0n) is 27.2. The fourth-order valence-corrected chi connectivity index (χ4v) is 5.24. The number of carbonyl (C=O) groups is 4. The van der Waals surface area contributed by atoms with Crippen LogP contribution in [0.4, 0.5) is 0 Å². The van der Waals surface area contributed by atoms with E-state index < -0.39 is 35.4 Å². The van der Waals surface area contributed by atoms with E-state index in [0.717, 1.165) is 44.1 Å². The highest BCUT2D eigenvalue weighted by molar-refractivity contribution is 5.94. The van der Waals surface area contributed by atoms with Crippen molar-refractivity contribution in [3.05, 3.63) is 42.0 Å². The molecule has 0 aromatic heterocycles. The van der Waals surface area contributed by atoms with Gasteiger partial charge >= 0.3 is 11.9 Å². The van der Waals surface area contributed by atoms with Gasteiger partial charge in [-0.2, -0.15) is 0 Å². The molecule has 1 aromatic carbocycles. The van der Waals surface area contributed by atoms with Crippen LogP contribution < -0.4 is 10.1 Å². The standard InChI is InChI=1S/C36H51NO8/c1-4-6-8-11-14-17-29(38)18-15-12-9-10-13-16-19-31(36(42)24-26-45-35(36)41)33(39)37-32(34(40)43-3)27-28-20-22-30(23-21-28)44-25-7-5-2/h16,19-23,31-32,42H,4,6,8-15,17-18,24-27H2,1-3H3,(H,37,39)/b19-16+/t31-,32+,36+/m1/s1. The van der Waals surface area contributed by atoms with Gasteiger partial charge in [0.2, 0.25) is 5.91 Å². The number of hydrogen-bond donors (Lipinski definition) is 2. The molecule has 1 amide bonds. The molecule has 0 aliphatic carbocycles. The molecule has 9 heteroatoms. The number of benzene rings is 1. The lowest BCUT2D eigenvalue weighted by molar-refractivity contribution is -0.160. The molecular weight excluding hydrogens is 574 g/mol. The second-order valence-electron chi connectivity index (χ2n) is 11.5. The Morgan fingerprint density at radius 3 is 2.31 bits per heavy atom. The van der Waals surface area contributed by atoms with Crippen molar-refractivity contribution in [1.29, 1.82) is 0 Å². The van der Waals surface area contributed by atoms with Gasteiger partial charge in [-0.05, 0) is 50.3 Å². The van der Waals surface area contributed by atoms with E-state index in [4.69, 9.17) is 14.2 Å². The van der Waals surface area contributed by atoms with Crippen LogP contribution in [0.3, 0.4) is 0 Å². The minimum Gasteiger partial charge on any atom is -0.481 e. The van der Waals surface area contributed by atoms with Crippen molar-refractivity contribution < 1.29 is 38.5 Å². The topological polar surface area (TPSA) is 128 Å². The van der Waals surface area contributed by atoms with E-state index in [-0.39, 0.29) is 26.1 Å². The Hall–Kier alpha value is -3.64. The number of ether oxygens (including phenoxy) is 3. The van der Waals surface area contributed by atoms with E-state index in [1.54, 1.807) is 37.3 Å². The van der Waals surface area contributed by atoms with Gasteiger partial charge in [0, 0.05) is 25.7 Å². The van der Waals surface area contributed by atoms with Gasteiger partial charge in [-0.25, -0.2) is 9.59 Å². The molecule has 1 aromatic rings. The predicted octanol–water partition coefficient (Wildman–Crippen LogP) is 5.41. The van der Waals surface area contributed by atoms with Gasteiger partial charge in [0.05, 0.1) is 19.6 Å². The van der Waals surface area contributed by atoms with E-state index >= 15 is 0 Å². The lowest BCUT2D eigenvalue weighted by Crippen LogP contribution is -2.53. The molecule has 1 fully saturated rings. The third kappa shape index (κ3) is 13.5. The average Bonchev–Trinajstić information content (AvgIpc) is 3.38. The van der Waals surface area contributed by atoms with Gasteiger partial charge < -0.3 is 24.6 Å². The van der Waals surface area contributed by atoms with E-state index in [1.807, 2.05) is 0 Å². The molecule has 1 heterocycles. The van der Waals surface area contributed by atoms with E-state index in [1.165, 1.54) is 32.4 Å². The second kappa shape index (κ2) is 21.2. The number of allylic oxidation sites excluding steroid dienone is 1. The summed E-state index contributed by atoms with van der Waals surface area (Å²) in [5, 5.41) is 13.9. The first kappa shape index (κ1) is 37.5. The van der Waals surface area contributed by atoms with Crippen molar-refractivity contribution in [2.24, 2.45) is 5.92 Å².